The maximum absolute atomic E-state index is 13.5. The molecule has 2 N–H and O–H groups in total. The highest BCUT2D eigenvalue weighted by Gasteiger charge is 2.08. The number of carboxylic acids is 1. The molecule has 0 unspecified atom stereocenters. The van der Waals surface area contributed by atoms with Crippen molar-refractivity contribution in [3.05, 3.63) is 24.0 Å². The minimum absolute atomic E-state index is 0.00112. The Morgan fingerprint density at radius 2 is 2.16 bits per heavy atom. The number of carboxylic acid groups (broad SMARTS) is 1. The number of aliphatic carboxylic acids is 1. The Bertz CT molecular complexity index is 467. The van der Waals surface area contributed by atoms with Gasteiger partial charge in [-0.15, -0.1) is 11.8 Å². The molecule has 0 atom stereocenters. The van der Waals surface area contributed by atoms with E-state index in [0.717, 1.165) is 17.8 Å². The highest BCUT2D eigenvalue weighted by molar-refractivity contribution is 8.00. The van der Waals surface area contributed by atoms with Crippen molar-refractivity contribution >= 4 is 29.3 Å². The molecule has 0 heterocycles. The number of hydrogen-bond acceptors (Lipinski definition) is 4. The van der Waals surface area contributed by atoms with E-state index in [-0.39, 0.29) is 23.2 Å². The van der Waals surface area contributed by atoms with Crippen molar-refractivity contribution in [3.8, 4) is 5.75 Å². The highest BCUT2D eigenvalue weighted by atomic mass is 32.2. The molecule has 0 saturated heterocycles. The van der Waals surface area contributed by atoms with E-state index < -0.39 is 11.8 Å². The first-order valence-corrected chi connectivity index (χ1v) is 6.70. The van der Waals surface area contributed by atoms with Crippen molar-refractivity contribution in [1.82, 2.24) is 0 Å². The van der Waals surface area contributed by atoms with Gasteiger partial charge in [0.25, 0.3) is 0 Å². The molecule has 104 valence electrons. The molecule has 0 saturated carbocycles. The predicted molar refractivity (Wildman–Crippen MR) is 71.2 cm³/mol. The van der Waals surface area contributed by atoms with E-state index in [1.54, 1.807) is 6.92 Å². The van der Waals surface area contributed by atoms with Crippen molar-refractivity contribution in [1.29, 1.82) is 0 Å². The molecule has 1 aromatic carbocycles. The zero-order chi connectivity index (χ0) is 14.3. The smallest absolute Gasteiger partial charge is 0.313 e. The maximum atomic E-state index is 13.5. The first-order valence-electron chi connectivity index (χ1n) is 5.54. The SMILES string of the molecule is CCOc1ccc(NC(=O)CSCC(=O)O)cc1F. The first kappa shape index (κ1) is 15.3. The Labute approximate surface area is 114 Å². The Kier molecular flexibility index (Phi) is 6.14. The summed E-state index contributed by atoms with van der Waals surface area (Å²) in [6.07, 6.45) is 0. The monoisotopic (exact) mass is 287 g/mol. The van der Waals surface area contributed by atoms with Crippen LogP contribution < -0.4 is 10.1 Å². The molecule has 0 aliphatic rings. The number of rotatable bonds is 7. The molecule has 0 aromatic heterocycles. The molecule has 0 bridgehead atoms. The molecule has 0 fully saturated rings. The van der Waals surface area contributed by atoms with Gasteiger partial charge in [-0.3, -0.25) is 9.59 Å². The van der Waals surface area contributed by atoms with E-state index in [1.807, 2.05) is 0 Å². The fourth-order valence-electron chi connectivity index (χ4n) is 1.28. The number of thioether (sulfide) groups is 1. The molecule has 19 heavy (non-hydrogen) atoms. The van der Waals surface area contributed by atoms with Crippen LogP contribution in [0.15, 0.2) is 18.2 Å². The maximum Gasteiger partial charge on any atom is 0.313 e. The lowest BCUT2D eigenvalue weighted by Crippen LogP contribution is -2.15. The van der Waals surface area contributed by atoms with Gasteiger partial charge in [0.2, 0.25) is 5.91 Å². The van der Waals surface area contributed by atoms with Gasteiger partial charge < -0.3 is 15.2 Å². The lowest BCUT2D eigenvalue weighted by atomic mass is 10.3. The summed E-state index contributed by atoms with van der Waals surface area (Å²) >= 11 is 0.974. The number of hydrogen-bond donors (Lipinski definition) is 2. The fourth-order valence-corrected chi connectivity index (χ4v) is 1.81. The summed E-state index contributed by atoms with van der Waals surface area (Å²) in [5.41, 5.74) is 0.307. The molecule has 0 radical (unpaired) electrons. The second-order valence-electron chi connectivity index (χ2n) is 3.51. The second-order valence-corrected chi connectivity index (χ2v) is 4.50. The van der Waals surface area contributed by atoms with Crippen LogP contribution in [0.1, 0.15) is 6.92 Å². The van der Waals surface area contributed by atoms with Crippen LogP contribution in [0.5, 0.6) is 5.75 Å². The van der Waals surface area contributed by atoms with Crippen molar-refractivity contribution in [3.63, 3.8) is 0 Å². The van der Waals surface area contributed by atoms with Gasteiger partial charge in [0.15, 0.2) is 11.6 Å². The Morgan fingerprint density at radius 1 is 1.42 bits per heavy atom. The number of anilines is 1. The standard InChI is InChI=1S/C12H14FNO4S/c1-2-18-10-4-3-8(5-9(10)13)14-11(15)6-19-7-12(16)17/h3-5H,2,6-7H2,1H3,(H,14,15)(H,16,17). The molecular weight excluding hydrogens is 273 g/mol. The number of amides is 1. The number of benzene rings is 1. The molecule has 1 aromatic rings. The summed E-state index contributed by atoms with van der Waals surface area (Å²) in [7, 11) is 0. The Balaban J connectivity index is 2.50. The van der Waals surface area contributed by atoms with E-state index in [2.05, 4.69) is 5.32 Å². The number of ether oxygens (including phenoxy) is 1. The Hall–Kier alpha value is -1.76. The third-order valence-electron chi connectivity index (χ3n) is 1.97. The number of nitrogens with one attached hydrogen (secondary N) is 1. The van der Waals surface area contributed by atoms with Crippen LogP contribution in [0.2, 0.25) is 0 Å². The third-order valence-corrected chi connectivity index (χ3v) is 2.89. The molecule has 5 nitrogen and oxygen atoms in total. The van der Waals surface area contributed by atoms with Gasteiger partial charge in [0, 0.05) is 11.8 Å². The lowest BCUT2D eigenvalue weighted by Gasteiger charge is -2.08. The number of carbonyl (C=O) groups excluding carboxylic acids is 1. The van der Waals surface area contributed by atoms with Crippen LogP contribution >= 0.6 is 11.8 Å². The van der Waals surface area contributed by atoms with Crippen LogP contribution in [-0.2, 0) is 9.59 Å². The highest BCUT2D eigenvalue weighted by Crippen LogP contribution is 2.21. The van der Waals surface area contributed by atoms with Crippen LogP contribution in [0.3, 0.4) is 0 Å². The second kappa shape index (κ2) is 7.63. The lowest BCUT2D eigenvalue weighted by molar-refractivity contribution is -0.133. The van der Waals surface area contributed by atoms with Gasteiger partial charge in [-0.05, 0) is 19.1 Å². The van der Waals surface area contributed by atoms with E-state index in [9.17, 15) is 14.0 Å². The summed E-state index contributed by atoms with van der Waals surface area (Å²) in [6, 6.07) is 4.11. The van der Waals surface area contributed by atoms with E-state index in [4.69, 9.17) is 9.84 Å². The summed E-state index contributed by atoms with van der Waals surface area (Å²) in [5, 5.41) is 10.9. The summed E-state index contributed by atoms with van der Waals surface area (Å²) in [4.78, 5) is 21.7. The quantitative estimate of drug-likeness (QED) is 0.802. The summed E-state index contributed by atoms with van der Waals surface area (Å²) in [5.74, 6) is -1.94. The molecule has 1 amide bonds. The molecule has 0 spiro atoms. The molecular formula is C12H14FNO4S. The van der Waals surface area contributed by atoms with Crippen LogP contribution in [0.4, 0.5) is 10.1 Å². The minimum atomic E-state index is -0.982. The van der Waals surface area contributed by atoms with E-state index in [0.29, 0.717) is 12.3 Å². The fraction of sp³-hybridized carbons (Fsp3) is 0.333. The van der Waals surface area contributed by atoms with Gasteiger partial charge in [0.05, 0.1) is 18.1 Å². The average Bonchev–Trinajstić information content (AvgIpc) is 2.32. The summed E-state index contributed by atoms with van der Waals surface area (Å²) in [6.45, 7) is 2.10. The first-order chi connectivity index (χ1) is 9.02. The summed E-state index contributed by atoms with van der Waals surface area (Å²) < 4.78 is 18.5. The predicted octanol–water partition coefficient (Wildman–Crippen LogP) is 1.98. The number of carbonyl (C=O) groups is 2. The van der Waals surface area contributed by atoms with Crippen LogP contribution in [0, 0.1) is 5.82 Å². The van der Waals surface area contributed by atoms with Gasteiger partial charge >= 0.3 is 5.97 Å². The Morgan fingerprint density at radius 3 is 2.74 bits per heavy atom. The average molecular weight is 287 g/mol. The zero-order valence-electron chi connectivity index (χ0n) is 10.3. The largest absolute Gasteiger partial charge is 0.491 e. The molecule has 0 aliphatic carbocycles. The molecule has 1 rings (SSSR count). The van der Waals surface area contributed by atoms with Gasteiger partial charge in [0.1, 0.15) is 0 Å². The van der Waals surface area contributed by atoms with E-state index in [1.165, 1.54) is 12.1 Å². The number of halogens is 1. The van der Waals surface area contributed by atoms with Crippen LogP contribution in [0.25, 0.3) is 0 Å². The zero-order valence-corrected chi connectivity index (χ0v) is 11.1. The minimum Gasteiger partial charge on any atom is -0.491 e. The van der Waals surface area contributed by atoms with Gasteiger partial charge in [-0.2, -0.15) is 0 Å². The third kappa shape index (κ3) is 5.60. The topological polar surface area (TPSA) is 75.6 Å². The van der Waals surface area contributed by atoms with Crippen molar-refractivity contribution < 1.29 is 23.8 Å². The molecule has 0 aliphatic heterocycles. The molecule has 7 heteroatoms. The van der Waals surface area contributed by atoms with Gasteiger partial charge in [-0.25, -0.2) is 4.39 Å². The van der Waals surface area contributed by atoms with Crippen LogP contribution in [-0.4, -0.2) is 35.1 Å². The van der Waals surface area contributed by atoms with Crippen molar-refractivity contribution in [2.45, 2.75) is 6.92 Å². The van der Waals surface area contributed by atoms with Gasteiger partial charge in [-0.1, -0.05) is 0 Å². The van der Waals surface area contributed by atoms with Crippen molar-refractivity contribution in [2.24, 2.45) is 0 Å². The van der Waals surface area contributed by atoms with Crippen molar-refractivity contribution in [2.75, 3.05) is 23.4 Å². The van der Waals surface area contributed by atoms with E-state index >= 15 is 0 Å². The normalized spacial score (nSPS) is 10.0.